The number of para-hydroxylation sites is 2. The van der Waals surface area contributed by atoms with E-state index >= 15 is 0 Å². The van der Waals surface area contributed by atoms with Gasteiger partial charge in [0.25, 0.3) is 11.8 Å². The molecule has 3 rings (SSSR count). The molecule has 1 unspecified atom stereocenters. The zero-order valence-electron chi connectivity index (χ0n) is 13.4. The molecule has 0 saturated carbocycles. The average molecular weight is 353 g/mol. The van der Waals surface area contributed by atoms with Crippen LogP contribution in [0.5, 0.6) is 11.6 Å². The summed E-state index contributed by atoms with van der Waals surface area (Å²) in [6.07, 6.45) is 0.667. The largest absolute Gasteiger partial charge is 0.479 e. The average Bonchev–Trinajstić information content (AvgIpc) is 3.24. The van der Waals surface area contributed by atoms with Crippen LogP contribution in [0.4, 0.5) is 14.5 Å². The van der Waals surface area contributed by atoms with Crippen LogP contribution in [0.25, 0.3) is 0 Å². The first-order valence-corrected chi connectivity index (χ1v) is 7.67. The third-order valence-electron chi connectivity index (χ3n) is 3.87. The molecule has 25 heavy (non-hydrogen) atoms. The molecule has 2 heterocycles. The lowest BCUT2D eigenvalue weighted by Crippen LogP contribution is -2.37. The van der Waals surface area contributed by atoms with Gasteiger partial charge < -0.3 is 24.2 Å². The number of carbonyl (C=O) groups excluding carboxylic acids is 1. The van der Waals surface area contributed by atoms with E-state index in [0.717, 1.165) is 0 Å². The van der Waals surface area contributed by atoms with E-state index in [2.05, 4.69) is 15.2 Å². The van der Waals surface area contributed by atoms with Crippen LogP contribution in [0.2, 0.25) is 0 Å². The Bertz CT molecular complexity index is 738. The molecule has 2 aromatic rings. The van der Waals surface area contributed by atoms with Crippen molar-refractivity contribution in [1.82, 2.24) is 10.5 Å². The van der Waals surface area contributed by atoms with Gasteiger partial charge in [0, 0.05) is 19.1 Å². The maximum Gasteiger partial charge on any atom is 0.387 e. The van der Waals surface area contributed by atoms with Gasteiger partial charge in [0.2, 0.25) is 5.76 Å². The Hall–Kier alpha value is -2.84. The predicted octanol–water partition coefficient (Wildman–Crippen LogP) is 2.29. The number of nitrogens with one attached hydrogen (secondary N) is 1. The quantitative estimate of drug-likeness (QED) is 0.859. The Labute approximate surface area is 142 Å². The smallest absolute Gasteiger partial charge is 0.387 e. The number of methoxy groups -OCH3 is 1. The molecule has 0 spiro atoms. The van der Waals surface area contributed by atoms with E-state index in [9.17, 15) is 13.6 Å². The van der Waals surface area contributed by atoms with Crippen molar-refractivity contribution in [2.24, 2.45) is 0 Å². The van der Waals surface area contributed by atoms with E-state index < -0.39 is 12.5 Å². The van der Waals surface area contributed by atoms with E-state index in [0.29, 0.717) is 25.2 Å². The number of benzene rings is 1. The minimum atomic E-state index is -2.89. The van der Waals surface area contributed by atoms with Crippen molar-refractivity contribution in [3.05, 3.63) is 36.1 Å². The SMILES string of the molecule is COc1cc(C(=O)NC2CCN(c3ccccc3OC(F)F)C2)on1. The predicted molar refractivity (Wildman–Crippen MR) is 84.2 cm³/mol. The third kappa shape index (κ3) is 3.98. The Morgan fingerprint density at radius 3 is 2.96 bits per heavy atom. The third-order valence-corrected chi connectivity index (χ3v) is 3.87. The molecule has 1 aliphatic rings. The Morgan fingerprint density at radius 2 is 2.24 bits per heavy atom. The van der Waals surface area contributed by atoms with Gasteiger partial charge in [-0.2, -0.15) is 8.78 Å². The molecule has 1 amide bonds. The van der Waals surface area contributed by atoms with E-state index in [1.807, 2.05) is 4.90 Å². The molecule has 1 N–H and O–H groups in total. The molecule has 1 aromatic heterocycles. The normalized spacial score (nSPS) is 17.0. The van der Waals surface area contributed by atoms with Crippen molar-refractivity contribution in [2.45, 2.75) is 19.1 Å². The summed E-state index contributed by atoms with van der Waals surface area (Å²) >= 11 is 0. The van der Waals surface area contributed by atoms with Crippen LogP contribution in [0, 0.1) is 0 Å². The number of halogens is 2. The number of rotatable bonds is 6. The molecule has 1 aliphatic heterocycles. The summed E-state index contributed by atoms with van der Waals surface area (Å²) in [7, 11) is 1.42. The first kappa shape index (κ1) is 17.0. The number of amides is 1. The highest BCUT2D eigenvalue weighted by atomic mass is 19.3. The summed E-state index contributed by atoms with van der Waals surface area (Å²) in [6, 6.07) is 7.84. The minimum Gasteiger partial charge on any atom is -0.479 e. The zero-order valence-corrected chi connectivity index (χ0v) is 13.4. The Kier molecular flexibility index (Phi) is 5.01. The van der Waals surface area contributed by atoms with Crippen molar-refractivity contribution in [1.29, 1.82) is 0 Å². The lowest BCUT2D eigenvalue weighted by Gasteiger charge is -2.21. The number of aromatic nitrogens is 1. The fourth-order valence-corrected chi connectivity index (χ4v) is 2.73. The number of anilines is 1. The zero-order chi connectivity index (χ0) is 17.8. The van der Waals surface area contributed by atoms with E-state index in [-0.39, 0.29) is 23.4 Å². The maximum absolute atomic E-state index is 12.5. The molecule has 1 saturated heterocycles. The number of nitrogens with zero attached hydrogens (tertiary/aromatic N) is 2. The Balaban J connectivity index is 1.63. The van der Waals surface area contributed by atoms with Crippen LogP contribution in [0.3, 0.4) is 0 Å². The number of hydrogen-bond donors (Lipinski definition) is 1. The van der Waals surface area contributed by atoms with Gasteiger partial charge in [0.05, 0.1) is 18.9 Å². The van der Waals surface area contributed by atoms with Crippen LogP contribution < -0.4 is 19.7 Å². The molecule has 1 aromatic carbocycles. The molecule has 0 aliphatic carbocycles. The van der Waals surface area contributed by atoms with Crippen molar-refractivity contribution >= 4 is 11.6 Å². The summed E-state index contributed by atoms with van der Waals surface area (Å²) < 4.78 is 39.4. The molecule has 0 bridgehead atoms. The summed E-state index contributed by atoms with van der Waals surface area (Å²) in [5.74, 6) is -0.0165. The minimum absolute atomic E-state index is 0.0525. The maximum atomic E-state index is 12.5. The second-order valence-electron chi connectivity index (χ2n) is 5.48. The molecule has 9 heteroatoms. The fraction of sp³-hybridized carbons (Fsp3) is 0.375. The van der Waals surface area contributed by atoms with Crippen LogP contribution in [0.15, 0.2) is 34.9 Å². The first-order valence-electron chi connectivity index (χ1n) is 7.67. The van der Waals surface area contributed by atoms with Crippen LogP contribution >= 0.6 is 0 Å². The summed E-state index contributed by atoms with van der Waals surface area (Å²) in [5.41, 5.74) is 0.570. The van der Waals surface area contributed by atoms with Gasteiger partial charge in [0.1, 0.15) is 5.75 Å². The van der Waals surface area contributed by atoms with E-state index in [4.69, 9.17) is 9.26 Å². The molecule has 0 radical (unpaired) electrons. The Morgan fingerprint density at radius 1 is 1.44 bits per heavy atom. The van der Waals surface area contributed by atoms with Crippen LogP contribution in [-0.4, -0.2) is 43.9 Å². The molecular formula is C16H17F2N3O4. The highest BCUT2D eigenvalue weighted by molar-refractivity contribution is 5.91. The number of hydrogen-bond acceptors (Lipinski definition) is 6. The summed E-state index contributed by atoms with van der Waals surface area (Å²) in [6.45, 7) is -1.81. The lowest BCUT2D eigenvalue weighted by molar-refractivity contribution is -0.0495. The van der Waals surface area contributed by atoms with Gasteiger partial charge in [-0.15, -0.1) is 0 Å². The van der Waals surface area contributed by atoms with Crippen LogP contribution in [-0.2, 0) is 0 Å². The molecular weight excluding hydrogens is 336 g/mol. The van der Waals surface area contributed by atoms with Gasteiger partial charge in [-0.25, -0.2) is 0 Å². The van der Waals surface area contributed by atoms with Gasteiger partial charge in [-0.3, -0.25) is 4.79 Å². The van der Waals surface area contributed by atoms with Gasteiger partial charge in [0.15, 0.2) is 0 Å². The molecule has 1 fully saturated rings. The fourth-order valence-electron chi connectivity index (χ4n) is 2.73. The standard InChI is InChI=1S/C16H17F2N3O4/c1-23-14-8-13(25-20-14)15(22)19-10-6-7-21(9-10)11-4-2-3-5-12(11)24-16(17)18/h2-5,8,10,16H,6-7,9H2,1H3,(H,19,22). The highest BCUT2D eigenvalue weighted by Crippen LogP contribution is 2.31. The molecule has 134 valence electrons. The highest BCUT2D eigenvalue weighted by Gasteiger charge is 2.27. The lowest BCUT2D eigenvalue weighted by atomic mass is 10.2. The second-order valence-corrected chi connectivity index (χ2v) is 5.48. The van der Waals surface area contributed by atoms with Gasteiger partial charge in [-0.05, 0) is 23.7 Å². The van der Waals surface area contributed by atoms with Gasteiger partial charge >= 0.3 is 6.61 Å². The van der Waals surface area contributed by atoms with E-state index in [1.165, 1.54) is 19.2 Å². The number of carbonyl (C=O) groups is 1. The van der Waals surface area contributed by atoms with Crippen molar-refractivity contribution in [2.75, 3.05) is 25.1 Å². The molecule has 1 atom stereocenters. The summed E-state index contributed by atoms with van der Waals surface area (Å²) in [4.78, 5) is 14.0. The van der Waals surface area contributed by atoms with Gasteiger partial charge in [-0.1, -0.05) is 12.1 Å². The topological polar surface area (TPSA) is 76.8 Å². The monoisotopic (exact) mass is 353 g/mol. The number of ether oxygens (including phenoxy) is 2. The second kappa shape index (κ2) is 7.37. The van der Waals surface area contributed by atoms with Crippen LogP contribution in [0.1, 0.15) is 17.0 Å². The summed E-state index contributed by atoms with van der Waals surface area (Å²) in [5, 5.41) is 6.41. The van der Waals surface area contributed by atoms with E-state index in [1.54, 1.807) is 18.2 Å². The number of alkyl halides is 2. The van der Waals surface area contributed by atoms with Crippen molar-refractivity contribution < 1.29 is 27.6 Å². The first-order chi connectivity index (χ1) is 12.1. The van der Waals surface area contributed by atoms with Crippen molar-refractivity contribution in [3.8, 4) is 11.6 Å². The van der Waals surface area contributed by atoms with Crippen molar-refractivity contribution in [3.63, 3.8) is 0 Å². The molecule has 7 nitrogen and oxygen atoms in total.